The number of fused-ring (bicyclic) bond motifs is 1. The number of benzene rings is 3. The summed E-state index contributed by atoms with van der Waals surface area (Å²) in [6, 6.07) is 17.1. The number of aliphatic hydroxyl groups is 1. The van der Waals surface area contributed by atoms with Gasteiger partial charge in [-0.3, -0.25) is 14.5 Å². The summed E-state index contributed by atoms with van der Waals surface area (Å²) in [7, 11) is 0. The molecule has 2 heterocycles. The summed E-state index contributed by atoms with van der Waals surface area (Å²) in [5, 5.41) is 11.5. The number of hydrogen-bond acceptors (Lipinski definition) is 6. The first-order chi connectivity index (χ1) is 17.4. The van der Waals surface area contributed by atoms with Gasteiger partial charge in [0.05, 0.1) is 28.4 Å². The van der Waals surface area contributed by atoms with Crippen molar-refractivity contribution in [1.82, 2.24) is 4.98 Å². The van der Waals surface area contributed by atoms with Gasteiger partial charge in [-0.15, -0.1) is 0 Å². The Morgan fingerprint density at radius 3 is 2.50 bits per heavy atom. The van der Waals surface area contributed by atoms with Gasteiger partial charge in [0.2, 0.25) is 0 Å². The lowest BCUT2D eigenvalue weighted by atomic mass is 9.95. The summed E-state index contributed by atoms with van der Waals surface area (Å²) in [5.41, 5.74) is 2.53. The first-order valence-corrected chi connectivity index (χ1v) is 12.4. The highest BCUT2D eigenvalue weighted by Crippen LogP contribution is 2.44. The number of Topliss-reactive ketones (excluding diaryl/α,β-unsaturated/α-hetero) is 1. The number of anilines is 1. The molecule has 1 atom stereocenters. The molecular formula is C28H23FN2O4S. The fourth-order valence-electron chi connectivity index (χ4n) is 4.20. The fraction of sp³-hybridized carbons (Fsp3) is 0.179. The molecule has 4 aromatic rings. The zero-order chi connectivity index (χ0) is 25.4. The number of halogens is 1. The Morgan fingerprint density at radius 1 is 1.08 bits per heavy atom. The van der Waals surface area contributed by atoms with Gasteiger partial charge in [-0.1, -0.05) is 36.5 Å². The Balaban J connectivity index is 1.67. The molecular weight excluding hydrogens is 479 g/mol. The minimum atomic E-state index is -0.920. The number of carbonyl (C=O) groups is 2. The predicted octanol–water partition coefficient (Wildman–Crippen LogP) is 6.16. The van der Waals surface area contributed by atoms with Crippen molar-refractivity contribution in [3.8, 4) is 5.75 Å². The minimum Gasteiger partial charge on any atom is -0.507 e. The van der Waals surface area contributed by atoms with Crippen LogP contribution in [0.25, 0.3) is 16.0 Å². The van der Waals surface area contributed by atoms with Gasteiger partial charge in [0, 0.05) is 5.56 Å². The average molecular weight is 503 g/mol. The van der Waals surface area contributed by atoms with Crippen molar-refractivity contribution in [2.24, 2.45) is 0 Å². The van der Waals surface area contributed by atoms with Crippen LogP contribution in [-0.4, -0.2) is 28.4 Å². The number of carbonyl (C=O) groups excluding carboxylic acids is 2. The highest BCUT2D eigenvalue weighted by atomic mass is 32.1. The minimum absolute atomic E-state index is 0.0794. The van der Waals surface area contributed by atoms with E-state index in [0.717, 1.165) is 16.7 Å². The summed E-state index contributed by atoms with van der Waals surface area (Å²) in [6.45, 7) is 4.54. The number of aliphatic hydroxyl groups excluding tert-OH is 1. The maximum Gasteiger partial charge on any atom is 0.301 e. The van der Waals surface area contributed by atoms with E-state index >= 15 is 0 Å². The van der Waals surface area contributed by atoms with E-state index in [1.54, 1.807) is 24.3 Å². The topological polar surface area (TPSA) is 79.7 Å². The molecule has 0 unspecified atom stereocenters. The zero-order valence-electron chi connectivity index (χ0n) is 19.7. The maximum atomic E-state index is 13.5. The second kappa shape index (κ2) is 9.54. The van der Waals surface area contributed by atoms with Crippen LogP contribution in [0.3, 0.4) is 0 Å². The highest BCUT2D eigenvalue weighted by molar-refractivity contribution is 7.22. The van der Waals surface area contributed by atoms with Crippen LogP contribution in [0.1, 0.15) is 36.1 Å². The molecule has 1 aliphatic heterocycles. The van der Waals surface area contributed by atoms with Gasteiger partial charge in [-0.2, -0.15) is 0 Å². The normalized spacial score (nSPS) is 17.2. The summed E-state index contributed by atoms with van der Waals surface area (Å²) in [6.07, 6.45) is 0.858. The first kappa shape index (κ1) is 23.7. The molecule has 36 heavy (non-hydrogen) atoms. The van der Waals surface area contributed by atoms with Crippen LogP contribution in [0.4, 0.5) is 9.52 Å². The molecule has 0 radical (unpaired) electrons. The van der Waals surface area contributed by atoms with Gasteiger partial charge in [0.1, 0.15) is 17.3 Å². The maximum absolute atomic E-state index is 13.5. The van der Waals surface area contributed by atoms with E-state index in [-0.39, 0.29) is 16.9 Å². The molecule has 182 valence electrons. The third kappa shape index (κ3) is 4.24. The quantitative estimate of drug-likeness (QED) is 0.194. The summed E-state index contributed by atoms with van der Waals surface area (Å²) >= 11 is 1.30. The molecule has 0 bridgehead atoms. The lowest BCUT2D eigenvalue weighted by Gasteiger charge is -2.23. The highest BCUT2D eigenvalue weighted by Gasteiger charge is 2.48. The first-order valence-electron chi connectivity index (χ1n) is 11.5. The molecule has 3 aromatic carbocycles. The Labute approximate surface area is 211 Å². The standard InChI is InChI=1S/C28H23FN2O4S/c1-3-14-35-20-11-7-17(8-12-20)24-23(25(32)18-5-9-19(29)10-6-18)26(33)27(34)31(24)28-30-21-13-4-16(2)15-22(21)36-28/h4-13,15,24,32H,3,14H2,1-2H3/b25-23+/t24-/m1/s1. The smallest absolute Gasteiger partial charge is 0.301 e. The van der Waals surface area contributed by atoms with Crippen molar-refractivity contribution < 1.29 is 23.8 Å². The van der Waals surface area contributed by atoms with E-state index in [2.05, 4.69) is 4.98 Å². The molecule has 1 amide bonds. The van der Waals surface area contributed by atoms with Crippen molar-refractivity contribution in [3.63, 3.8) is 0 Å². The van der Waals surface area contributed by atoms with Crippen LogP contribution in [0.5, 0.6) is 5.75 Å². The third-order valence-electron chi connectivity index (χ3n) is 5.97. The number of ether oxygens (including phenoxy) is 1. The second-order valence-electron chi connectivity index (χ2n) is 8.56. The molecule has 0 aliphatic carbocycles. The van der Waals surface area contributed by atoms with Gasteiger partial charge >= 0.3 is 5.91 Å². The molecule has 1 fully saturated rings. The number of ketones is 1. The largest absolute Gasteiger partial charge is 0.507 e. The molecule has 1 N–H and O–H groups in total. The Kier molecular flexibility index (Phi) is 6.28. The summed E-state index contributed by atoms with van der Waals surface area (Å²) in [5.74, 6) is -1.80. The van der Waals surface area contributed by atoms with E-state index in [0.29, 0.717) is 28.6 Å². The molecule has 1 aliphatic rings. The van der Waals surface area contributed by atoms with Crippen LogP contribution in [0.15, 0.2) is 72.3 Å². The van der Waals surface area contributed by atoms with Gasteiger partial charge in [0.15, 0.2) is 5.13 Å². The molecule has 8 heteroatoms. The SMILES string of the molecule is CCCOc1ccc([C@@H]2/C(=C(\O)c3ccc(F)cc3)C(=O)C(=O)N2c2nc3ccc(C)cc3s2)cc1. The number of aromatic nitrogens is 1. The van der Waals surface area contributed by atoms with E-state index in [1.165, 1.54) is 40.5 Å². The van der Waals surface area contributed by atoms with Gasteiger partial charge in [0.25, 0.3) is 5.78 Å². The monoisotopic (exact) mass is 502 g/mol. The predicted molar refractivity (Wildman–Crippen MR) is 138 cm³/mol. The number of thiazole rings is 1. The van der Waals surface area contributed by atoms with Gasteiger partial charge in [-0.05, 0) is 73.0 Å². The van der Waals surface area contributed by atoms with Crippen LogP contribution in [-0.2, 0) is 9.59 Å². The van der Waals surface area contributed by atoms with Crippen molar-refractivity contribution in [1.29, 1.82) is 0 Å². The molecule has 0 spiro atoms. The Morgan fingerprint density at radius 2 is 1.81 bits per heavy atom. The zero-order valence-corrected chi connectivity index (χ0v) is 20.5. The van der Waals surface area contributed by atoms with Gasteiger partial charge in [-0.25, -0.2) is 9.37 Å². The molecule has 0 saturated carbocycles. The Bertz CT molecular complexity index is 1490. The number of nitrogens with zero attached hydrogens (tertiary/aromatic N) is 2. The average Bonchev–Trinajstić information content (AvgIpc) is 3.40. The molecule has 5 rings (SSSR count). The van der Waals surface area contributed by atoms with Crippen molar-refractivity contribution in [2.75, 3.05) is 11.5 Å². The number of aryl methyl sites for hydroxylation is 1. The van der Waals surface area contributed by atoms with E-state index < -0.39 is 23.5 Å². The van der Waals surface area contributed by atoms with E-state index in [4.69, 9.17) is 4.74 Å². The fourth-order valence-corrected chi connectivity index (χ4v) is 5.29. The molecule has 1 aromatic heterocycles. The lowest BCUT2D eigenvalue weighted by Crippen LogP contribution is -2.29. The second-order valence-corrected chi connectivity index (χ2v) is 9.57. The van der Waals surface area contributed by atoms with E-state index in [1.807, 2.05) is 32.0 Å². The molecule has 6 nitrogen and oxygen atoms in total. The van der Waals surface area contributed by atoms with Crippen molar-refractivity contribution in [2.45, 2.75) is 26.3 Å². The number of rotatable bonds is 6. The van der Waals surface area contributed by atoms with Gasteiger partial charge < -0.3 is 9.84 Å². The number of amides is 1. The van der Waals surface area contributed by atoms with Crippen LogP contribution < -0.4 is 9.64 Å². The van der Waals surface area contributed by atoms with Crippen LogP contribution in [0, 0.1) is 12.7 Å². The van der Waals surface area contributed by atoms with Crippen LogP contribution >= 0.6 is 11.3 Å². The van der Waals surface area contributed by atoms with E-state index in [9.17, 15) is 19.1 Å². The Hall–Kier alpha value is -4.04. The van der Waals surface area contributed by atoms with Crippen molar-refractivity contribution >= 4 is 44.1 Å². The van der Waals surface area contributed by atoms with Crippen LogP contribution in [0.2, 0.25) is 0 Å². The number of hydrogen-bond donors (Lipinski definition) is 1. The molecule has 1 saturated heterocycles. The summed E-state index contributed by atoms with van der Waals surface area (Å²) < 4.78 is 20.1. The summed E-state index contributed by atoms with van der Waals surface area (Å²) in [4.78, 5) is 32.6. The third-order valence-corrected chi connectivity index (χ3v) is 6.99. The lowest BCUT2D eigenvalue weighted by molar-refractivity contribution is -0.132. The van der Waals surface area contributed by atoms with Crippen molar-refractivity contribution in [3.05, 3.63) is 94.8 Å².